The van der Waals surface area contributed by atoms with E-state index in [1.165, 1.54) is 10.9 Å². The van der Waals surface area contributed by atoms with Crippen LogP contribution in [0.2, 0.25) is 0 Å². The van der Waals surface area contributed by atoms with E-state index in [1.807, 2.05) is 13.8 Å². The van der Waals surface area contributed by atoms with Crippen LogP contribution in [0.3, 0.4) is 0 Å². The van der Waals surface area contributed by atoms with Gasteiger partial charge in [0, 0.05) is 25.2 Å². The van der Waals surface area contributed by atoms with Gasteiger partial charge < -0.3 is 9.30 Å². The number of nitrogens with zero attached hydrogens (tertiary/aromatic N) is 4. The van der Waals surface area contributed by atoms with Crippen LogP contribution < -0.4 is 10.3 Å². The molecule has 0 amide bonds. The molecule has 0 saturated carbocycles. The van der Waals surface area contributed by atoms with Crippen molar-refractivity contribution >= 4 is 10.0 Å². The lowest BCUT2D eigenvalue weighted by molar-refractivity contribution is 0.181. The molecule has 1 aliphatic heterocycles. The molecule has 1 saturated heterocycles. The molecule has 0 bridgehead atoms. The van der Waals surface area contributed by atoms with Crippen LogP contribution in [0.1, 0.15) is 55.7 Å². The summed E-state index contributed by atoms with van der Waals surface area (Å²) in [6, 6.07) is 0.563. The van der Waals surface area contributed by atoms with E-state index in [-0.39, 0.29) is 29.7 Å². The number of nitrogens with one attached hydrogen (secondary N) is 1. The number of hydrogen-bond donors (Lipinski definition) is 1. The van der Waals surface area contributed by atoms with Crippen LogP contribution in [-0.2, 0) is 34.6 Å². The van der Waals surface area contributed by atoms with E-state index < -0.39 is 22.1 Å². The molecule has 2 unspecified atom stereocenters. The maximum atomic E-state index is 12.9. The molecule has 158 valence electrons. The van der Waals surface area contributed by atoms with Gasteiger partial charge >= 0.3 is 0 Å². The third-order valence-electron chi connectivity index (χ3n) is 5.59. The third-order valence-corrected chi connectivity index (χ3v) is 6.95. The molecule has 0 aromatic carbocycles. The molecule has 0 radical (unpaired) electrons. The van der Waals surface area contributed by atoms with Crippen molar-refractivity contribution in [2.45, 2.75) is 62.6 Å². The maximum absolute atomic E-state index is 12.9. The summed E-state index contributed by atoms with van der Waals surface area (Å²) in [4.78, 5) is 16.9. The fourth-order valence-corrected chi connectivity index (χ4v) is 5.34. The molecule has 9 nitrogen and oxygen atoms in total. The molecule has 29 heavy (non-hydrogen) atoms. The fourth-order valence-electron chi connectivity index (χ4n) is 4.09. The van der Waals surface area contributed by atoms with E-state index in [1.54, 1.807) is 17.7 Å². The van der Waals surface area contributed by atoms with Crippen LogP contribution >= 0.6 is 0 Å². The Bertz CT molecular complexity index is 1070. The van der Waals surface area contributed by atoms with Gasteiger partial charge in [0.25, 0.3) is 15.6 Å². The van der Waals surface area contributed by atoms with Gasteiger partial charge in [-0.1, -0.05) is 13.8 Å². The van der Waals surface area contributed by atoms with E-state index in [2.05, 4.69) is 14.8 Å². The highest BCUT2D eigenvalue weighted by atomic mass is 32.2. The van der Waals surface area contributed by atoms with Crippen LogP contribution in [0.15, 0.2) is 22.1 Å². The molecule has 10 heteroatoms. The maximum Gasteiger partial charge on any atom is 0.267 e. The van der Waals surface area contributed by atoms with Gasteiger partial charge in [0.1, 0.15) is 5.82 Å². The van der Waals surface area contributed by atoms with Crippen molar-refractivity contribution in [2.75, 3.05) is 13.2 Å². The van der Waals surface area contributed by atoms with Crippen molar-refractivity contribution in [1.29, 1.82) is 0 Å². The number of fused-ring (bicyclic) bond motifs is 1. The van der Waals surface area contributed by atoms with Gasteiger partial charge in [0.05, 0.1) is 31.0 Å². The van der Waals surface area contributed by atoms with Crippen LogP contribution in [0, 0.1) is 0 Å². The van der Waals surface area contributed by atoms with E-state index >= 15 is 0 Å². The average molecular weight is 422 g/mol. The molecule has 2 aromatic rings. The summed E-state index contributed by atoms with van der Waals surface area (Å²) in [5.41, 5.74) is 1.71. The second-order valence-corrected chi connectivity index (χ2v) is 9.80. The number of aromatic nitrogens is 4. The monoisotopic (exact) mass is 421 g/mol. The van der Waals surface area contributed by atoms with Crippen LogP contribution in [0.4, 0.5) is 0 Å². The molecule has 1 N–H and O–H groups in total. The molecular weight excluding hydrogens is 394 g/mol. The summed E-state index contributed by atoms with van der Waals surface area (Å²) in [5, 5.41) is 4.53. The number of imidazole rings is 1. The predicted molar refractivity (Wildman–Crippen MR) is 106 cm³/mol. The Labute approximate surface area is 170 Å². The standard InChI is InChI=1S/C19H27N5O4S/c1-12(2)19-20-17(9-23(19)3)29(26,27)22-15-10-28-11-16(15)24-18(25)8-13-6-4-5-7-14(13)21-24/h8-9,12,15-16,22H,4-7,10-11H2,1-3H3. The molecule has 0 spiro atoms. The molecule has 2 atom stereocenters. The Morgan fingerprint density at radius 3 is 2.72 bits per heavy atom. The lowest BCUT2D eigenvalue weighted by Crippen LogP contribution is -2.44. The molecule has 3 heterocycles. The first-order valence-corrected chi connectivity index (χ1v) is 11.5. The number of ether oxygens (including phenoxy) is 1. The van der Waals surface area contributed by atoms with Gasteiger partial charge in [-0.15, -0.1) is 0 Å². The van der Waals surface area contributed by atoms with Crippen molar-refractivity contribution < 1.29 is 13.2 Å². The Morgan fingerprint density at radius 2 is 2.00 bits per heavy atom. The lowest BCUT2D eigenvalue weighted by atomic mass is 9.97. The predicted octanol–water partition coefficient (Wildman–Crippen LogP) is 0.897. The van der Waals surface area contributed by atoms with Gasteiger partial charge in [0.2, 0.25) is 0 Å². The van der Waals surface area contributed by atoms with Crippen molar-refractivity contribution in [3.63, 3.8) is 0 Å². The summed E-state index contributed by atoms with van der Waals surface area (Å²) in [5.74, 6) is 0.793. The summed E-state index contributed by atoms with van der Waals surface area (Å²) < 4.78 is 37.2. The topological polar surface area (TPSA) is 108 Å². The van der Waals surface area contributed by atoms with Crippen molar-refractivity contribution in [3.8, 4) is 0 Å². The van der Waals surface area contributed by atoms with Crippen molar-refractivity contribution in [3.05, 3.63) is 39.7 Å². The third kappa shape index (κ3) is 3.88. The molecule has 2 aromatic heterocycles. The van der Waals surface area contributed by atoms with Crippen molar-refractivity contribution in [2.24, 2.45) is 7.05 Å². The Morgan fingerprint density at radius 1 is 1.24 bits per heavy atom. The Kier molecular flexibility index (Phi) is 5.34. The highest BCUT2D eigenvalue weighted by molar-refractivity contribution is 7.89. The van der Waals surface area contributed by atoms with Gasteiger partial charge in [0.15, 0.2) is 5.03 Å². The van der Waals surface area contributed by atoms with Crippen LogP contribution in [-0.4, -0.2) is 47.0 Å². The molecular formula is C19H27N5O4S. The van der Waals surface area contributed by atoms with E-state index in [0.717, 1.165) is 36.9 Å². The average Bonchev–Trinajstić information content (AvgIpc) is 3.27. The normalized spacial score (nSPS) is 22.2. The van der Waals surface area contributed by atoms with Gasteiger partial charge in [-0.25, -0.2) is 22.8 Å². The highest BCUT2D eigenvalue weighted by Crippen LogP contribution is 2.23. The second-order valence-electron chi connectivity index (χ2n) is 8.14. The first-order chi connectivity index (χ1) is 13.8. The van der Waals surface area contributed by atoms with Crippen LogP contribution in [0.25, 0.3) is 0 Å². The smallest absolute Gasteiger partial charge is 0.267 e. The number of aryl methyl sites for hydroxylation is 3. The van der Waals surface area contributed by atoms with E-state index in [4.69, 9.17) is 4.74 Å². The van der Waals surface area contributed by atoms with Gasteiger partial charge in [-0.05, 0) is 31.2 Å². The molecule has 4 rings (SSSR count). The summed E-state index contributed by atoms with van der Waals surface area (Å²) in [7, 11) is -2.08. The minimum Gasteiger partial charge on any atom is -0.377 e. The quantitative estimate of drug-likeness (QED) is 0.768. The van der Waals surface area contributed by atoms with Crippen LogP contribution in [0.5, 0.6) is 0 Å². The SMILES string of the molecule is CC(C)c1nc(S(=O)(=O)NC2COCC2n2nc3c(cc2=O)CCCC3)cn1C. The first-order valence-electron chi connectivity index (χ1n) is 10.0. The van der Waals surface area contributed by atoms with Gasteiger partial charge in [-0.3, -0.25) is 4.79 Å². The lowest BCUT2D eigenvalue weighted by Gasteiger charge is -2.22. The van der Waals surface area contributed by atoms with E-state index in [9.17, 15) is 13.2 Å². The fraction of sp³-hybridized carbons (Fsp3) is 0.632. The zero-order valence-electron chi connectivity index (χ0n) is 17.0. The first kappa shape index (κ1) is 20.2. The molecule has 2 aliphatic rings. The Balaban J connectivity index is 1.61. The molecule has 1 fully saturated rings. The van der Waals surface area contributed by atoms with Gasteiger partial charge in [-0.2, -0.15) is 5.10 Å². The highest BCUT2D eigenvalue weighted by Gasteiger charge is 2.36. The number of rotatable bonds is 5. The molecule has 1 aliphatic carbocycles. The summed E-state index contributed by atoms with van der Waals surface area (Å²) in [6.45, 7) is 4.33. The van der Waals surface area contributed by atoms with Crippen molar-refractivity contribution in [1.82, 2.24) is 24.1 Å². The zero-order valence-corrected chi connectivity index (χ0v) is 17.8. The summed E-state index contributed by atoms with van der Waals surface area (Å²) >= 11 is 0. The Hall–Kier alpha value is -2.04. The minimum absolute atomic E-state index is 0.0277. The summed E-state index contributed by atoms with van der Waals surface area (Å²) in [6.07, 6.45) is 5.33. The van der Waals surface area contributed by atoms with E-state index in [0.29, 0.717) is 5.82 Å². The zero-order chi connectivity index (χ0) is 20.8. The minimum atomic E-state index is -3.86. The second kappa shape index (κ2) is 7.66. The largest absolute Gasteiger partial charge is 0.377 e. The number of sulfonamides is 1. The number of hydrogen-bond acceptors (Lipinski definition) is 6.